The van der Waals surface area contributed by atoms with Crippen LogP contribution in [0.4, 0.5) is 0 Å². The second-order valence-electron chi connectivity index (χ2n) is 0.408. The van der Waals surface area contributed by atoms with Crippen molar-refractivity contribution >= 4 is 10.4 Å². The molecule has 0 amide bonds. The average molecular weight is 291 g/mol. The van der Waals surface area contributed by atoms with Crippen LogP contribution in [0.3, 0.4) is 0 Å². The smallest absolute Gasteiger partial charge is 1.00 e. The standard InChI is InChI=1S/2ClH.Co.H2O4S.Zn/c;;;1-5(2,3)4;/h2*1H;;(H2,1,2,3,4);/q;;+2;;+2/p-4. The first-order valence-electron chi connectivity index (χ1n) is 0.667. The van der Waals surface area contributed by atoms with Crippen LogP contribution < -0.4 is 24.8 Å². The van der Waals surface area contributed by atoms with Crippen LogP contribution in [0.1, 0.15) is 0 Å². The second kappa shape index (κ2) is 12.3. The van der Waals surface area contributed by atoms with E-state index in [1.807, 2.05) is 0 Å². The molecule has 9 heteroatoms. The maximum absolute atomic E-state index is 8.52. The van der Waals surface area contributed by atoms with Crippen LogP contribution in [0.25, 0.3) is 0 Å². The van der Waals surface area contributed by atoms with E-state index in [4.69, 9.17) is 17.5 Å². The van der Waals surface area contributed by atoms with Crippen LogP contribution in [-0.4, -0.2) is 17.5 Å². The molecule has 0 rings (SSSR count). The third-order valence-corrected chi connectivity index (χ3v) is 0. The third-order valence-electron chi connectivity index (χ3n) is 0. The van der Waals surface area contributed by atoms with Gasteiger partial charge in [0.2, 0.25) is 0 Å². The van der Waals surface area contributed by atoms with Gasteiger partial charge in [0.1, 0.15) is 0 Å². The first kappa shape index (κ1) is 31.2. The molecular weight excluding hydrogens is 291 g/mol. The molecule has 0 unspecified atom stereocenters. The van der Waals surface area contributed by atoms with Gasteiger partial charge in [-0.25, -0.2) is 0 Å². The monoisotopic (exact) mass is 289 g/mol. The van der Waals surface area contributed by atoms with E-state index in [1.165, 1.54) is 0 Å². The summed E-state index contributed by atoms with van der Waals surface area (Å²) in [6, 6.07) is 0. The topological polar surface area (TPSA) is 80.3 Å². The number of hydrogen-bond donors (Lipinski definition) is 0. The molecule has 0 aromatic carbocycles. The van der Waals surface area contributed by atoms with Crippen molar-refractivity contribution in [2.75, 3.05) is 0 Å². The van der Waals surface area contributed by atoms with Crippen molar-refractivity contribution in [1.29, 1.82) is 0 Å². The maximum atomic E-state index is 8.52. The Bertz CT molecular complexity index is 102. The number of hydrogen-bond acceptors (Lipinski definition) is 4. The summed E-state index contributed by atoms with van der Waals surface area (Å²) in [6.45, 7) is 0. The molecular formula is Cl2CoO4SZn. The molecule has 0 aliphatic rings. The molecule has 0 bridgehead atoms. The van der Waals surface area contributed by atoms with Gasteiger partial charge in [-0.05, 0) is 0 Å². The van der Waals surface area contributed by atoms with Crippen molar-refractivity contribution in [2.24, 2.45) is 0 Å². The van der Waals surface area contributed by atoms with E-state index in [-0.39, 0.29) is 61.1 Å². The summed E-state index contributed by atoms with van der Waals surface area (Å²) in [5.74, 6) is 0. The zero-order valence-corrected chi connectivity index (χ0v) is 10.2. The summed E-state index contributed by atoms with van der Waals surface area (Å²) < 4.78 is 34.1. The van der Waals surface area contributed by atoms with Gasteiger partial charge in [-0.3, -0.25) is 8.42 Å². The van der Waals surface area contributed by atoms with Gasteiger partial charge < -0.3 is 33.9 Å². The predicted octanol–water partition coefficient (Wildman–Crippen LogP) is -7.34. The second-order valence-corrected chi connectivity index (χ2v) is 1.22. The van der Waals surface area contributed by atoms with Gasteiger partial charge in [-0.1, -0.05) is 0 Å². The van der Waals surface area contributed by atoms with Gasteiger partial charge in [0.05, 0.1) is 0 Å². The Kier molecular flexibility index (Phi) is 42.5. The van der Waals surface area contributed by atoms with E-state index in [0.717, 1.165) is 0 Å². The Morgan fingerprint density at radius 2 is 1.00 bits per heavy atom. The molecule has 1 radical (unpaired) electrons. The predicted molar refractivity (Wildman–Crippen MR) is 10.5 cm³/mol. The van der Waals surface area contributed by atoms with E-state index in [2.05, 4.69) is 0 Å². The van der Waals surface area contributed by atoms with Crippen LogP contribution in [0.5, 0.6) is 0 Å². The average Bonchev–Trinajstić information content (AvgIpc) is 0.722. The summed E-state index contributed by atoms with van der Waals surface area (Å²) in [5, 5.41) is 0. The van der Waals surface area contributed by atoms with Crippen molar-refractivity contribution in [3.63, 3.8) is 0 Å². The first-order valence-corrected chi connectivity index (χ1v) is 2.00. The van der Waals surface area contributed by atoms with Crippen molar-refractivity contribution in [3.8, 4) is 0 Å². The van der Waals surface area contributed by atoms with E-state index >= 15 is 0 Å². The Morgan fingerprint density at radius 3 is 1.00 bits per heavy atom. The molecule has 0 aromatic heterocycles. The molecule has 0 N–H and O–H groups in total. The number of halogens is 2. The molecule has 0 aromatic rings. The summed E-state index contributed by atoms with van der Waals surface area (Å²) >= 11 is 0. The Labute approximate surface area is 88.5 Å². The van der Waals surface area contributed by atoms with Gasteiger partial charge in [0.15, 0.2) is 0 Å². The fourth-order valence-corrected chi connectivity index (χ4v) is 0. The molecule has 4 nitrogen and oxygen atoms in total. The molecule has 0 atom stereocenters. The Morgan fingerprint density at radius 1 is 1.00 bits per heavy atom. The van der Waals surface area contributed by atoms with Gasteiger partial charge in [-0.2, -0.15) is 0 Å². The molecule has 0 aliphatic carbocycles. The fourth-order valence-electron chi connectivity index (χ4n) is 0. The summed E-state index contributed by atoms with van der Waals surface area (Å²) in [4.78, 5) is 0. The molecule has 0 spiro atoms. The fraction of sp³-hybridized carbons (Fsp3) is 0. The van der Waals surface area contributed by atoms with Crippen LogP contribution in [0.15, 0.2) is 0 Å². The molecule has 0 saturated heterocycles. The first-order chi connectivity index (χ1) is 2.00. The largest absolute Gasteiger partial charge is 2.00 e. The van der Waals surface area contributed by atoms with E-state index in [9.17, 15) is 0 Å². The van der Waals surface area contributed by atoms with E-state index in [1.54, 1.807) is 0 Å². The van der Waals surface area contributed by atoms with Crippen LogP contribution >= 0.6 is 0 Å². The van der Waals surface area contributed by atoms with Crippen LogP contribution in [0.2, 0.25) is 0 Å². The zero-order chi connectivity index (χ0) is 4.50. The van der Waals surface area contributed by atoms with Crippen LogP contribution in [-0.2, 0) is 46.7 Å². The Hall–Kier alpha value is 1.58. The molecule has 0 fully saturated rings. The number of rotatable bonds is 0. The molecule has 0 aliphatic heterocycles. The molecule has 9 heavy (non-hydrogen) atoms. The molecule has 55 valence electrons. The van der Waals surface area contributed by atoms with Crippen LogP contribution in [0, 0.1) is 0 Å². The quantitative estimate of drug-likeness (QED) is 0.252. The summed E-state index contributed by atoms with van der Waals surface area (Å²) in [6.07, 6.45) is 0. The maximum Gasteiger partial charge on any atom is 2.00 e. The minimum absolute atomic E-state index is 0. The van der Waals surface area contributed by atoms with E-state index in [0.29, 0.717) is 0 Å². The SMILES string of the molecule is O=S(=O)([O-])[O-].[Cl-].[Cl-].[Co+2].[Zn+2]. The zero-order valence-electron chi connectivity index (χ0n) is 3.84. The normalized spacial score (nSPS) is 6.44. The molecule has 0 saturated carbocycles. The van der Waals surface area contributed by atoms with Crippen molar-refractivity contribution in [1.82, 2.24) is 0 Å². The summed E-state index contributed by atoms with van der Waals surface area (Å²) in [5.41, 5.74) is 0. The summed E-state index contributed by atoms with van der Waals surface area (Å²) in [7, 11) is -5.17. The van der Waals surface area contributed by atoms with Crippen molar-refractivity contribution in [3.05, 3.63) is 0 Å². The van der Waals surface area contributed by atoms with Gasteiger partial charge in [-0.15, -0.1) is 0 Å². The Balaban J connectivity index is -0.0000000133. The van der Waals surface area contributed by atoms with Crippen molar-refractivity contribution in [2.45, 2.75) is 0 Å². The molecule has 0 heterocycles. The van der Waals surface area contributed by atoms with Gasteiger partial charge in [0.25, 0.3) is 0 Å². The van der Waals surface area contributed by atoms with Gasteiger partial charge in [0, 0.05) is 10.4 Å². The minimum Gasteiger partial charge on any atom is -1.00 e. The third kappa shape index (κ3) is 221. The van der Waals surface area contributed by atoms with E-state index < -0.39 is 10.4 Å². The van der Waals surface area contributed by atoms with Crippen molar-refractivity contribution < 1.29 is 78.6 Å². The van der Waals surface area contributed by atoms with Gasteiger partial charge >= 0.3 is 36.3 Å². The minimum atomic E-state index is -5.17.